The van der Waals surface area contributed by atoms with E-state index in [-0.39, 0.29) is 29.7 Å². The van der Waals surface area contributed by atoms with E-state index in [0.29, 0.717) is 27.7 Å². The van der Waals surface area contributed by atoms with Gasteiger partial charge in [-0.05, 0) is 76.3 Å². The summed E-state index contributed by atoms with van der Waals surface area (Å²) in [5.41, 5.74) is 4.26. The number of phenolic OH excluding ortho intramolecular Hbond substituents is 1. The molecule has 0 radical (unpaired) electrons. The van der Waals surface area contributed by atoms with Crippen LogP contribution in [0.4, 0.5) is 5.69 Å². The molecule has 0 spiro atoms. The highest BCUT2D eigenvalue weighted by molar-refractivity contribution is 9.10. The Bertz CT molecular complexity index is 1880. The molecule has 4 aliphatic rings. The summed E-state index contributed by atoms with van der Waals surface area (Å²) in [6, 6.07) is 20.1. The molecule has 248 valence electrons. The first-order chi connectivity index (χ1) is 22.8. The molecule has 10 heteroatoms. The Morgan fingerprint density at radius 2 is 1.62 bits per heavy atom. The number of methoxy groups -OCH3 is 1. The number of imide groups is 2. The number of hydrazine groups is 1. The zero-order chi connectivity index (χ0) is 34.3. The molecule has 2 saturated heterocycles. The number of carbonyl (C=O) groups is 4. The Morgan fingerprint density at radius 3 is 2.27 bits per heavy atom. The molecule has 3 aromatic carbocycles. The number of halogens is 1. The van der Waals surface area contributed by atoms with Crippen molar-refractivity contribution in [2.75, 3.05) is 12.5 Å². The van der Waals surface area contributed by atoms with Crippen molar-refractivity contribution >= 4 is 45.2 Å². The van der Waals surface area contributed by atoms with Gasteiger partial charge in [0.2, 0.25) is 11.8 Å². The molecule has 6 unspecified atom stereocenters. The monoisotopic (exact) mass is 711 g/mol. The predicted molar refractivity (Wildman–Crippen MR) is 183 cm³/mol. The maximum Gasteiger partial charge on any atom is 0.260 e. The van der Waals surface area contributed by atoms with Gasteiger partial charge in [-0.3, -0.25) is 29.5 Å². The lowest BCUT2D eigenvalue weighted by Crippen LogP contribution is -2.53. The molecule has 7 rings (SSSR count). The van der Waals surface area contributed by atoms with Crippen LogP contribution in [0.3, 0.4) is 0 Å². The normalized spacial score (nSPS) is 28.2. The Balaban J connectivity index is 1.49. The number of aryl methyl sites for hydroxylation is 1. The number of fused-ring (bicyclic) bond motifs is 4. The van der Waals surface area contributed by atoms with Crippen LogP contribution in [0.5, 0.6) is 11.5 Å². The summed E-state index contributed by atoms with van der Waals surface area (Å²) < 4.78 is 6.19. The van der Waals surface area contributed by atoms with Gasteiger partial charge in [-0.1, -0.05) is 75.6 Å². The summed E-state index contributed by atoms with van der Waals surface area (Å²) in [4.78, 5) is 59.4. The van der Waals surface area contributed by atoms with E-state index in [2.05, 4.69) is 21.4 Å². The summed E-state index contributed by atoms with van der Waals surface area (Å²) in [7, 11) is 1.45. The highest BCUT2D eigenvalue weighted by atomic mass is 79.9. The average Bonchev–Trinajstić information content (AvgIpc) is 3.44. The molecule has 2 aliphatic carbocycles. The third-order valence-corrected chi connectivity index (χ3v) is 11.1. The molecule has 1 saturated carbocycles. The van der Waals surface area contributed by atoms with E-state index in [9.17, 15) is 19.5 Å². The molecular weight excluding hydrogens is 674 g/mol. The van der Waals surface area contributed by atoms with Gasteiger partial charge in [-0.2, -0.15) is 5.01 Å². The topological polar surface area (TPSA) is 116 Å². The number of amides is 4. The zero-order valence-electron chi connectivity index (χ0n) is 27.5. The van der Waals surface area contributed by atoms with Gasteiger partial charge < -0.3 is 9.84 Å². The number of benzene rings is 3. The summed E-state index contributed by atoms with van der Waals surface area (Å²) in [5.74, 6) is -4.92. The fraction of sp³-hybridized carbons (Fsp3) is 0.368. The lowest BCUT2D eigenvalue weighted by atomic mass is 9.49. The Labute approximate surface area is 288 Å². The van der Waals surface area contributed by atoms with Crippen LogP contribution in [0.2, 0.25) is 0 Å². The van der Waals surface area contributed by atoms with Gasteiger partial charge in [-0.15, -0.1) is 0 Å². The predicted octanol–water partition coefficient (Wildman–Crippen LogP) is 6.26. The lowest BCUT2D eigenvalue weighted by molar-refractivity contribution is -0.146. The molecule has 4 amide bonds. The van der Waals surface area contributed by atoms with Gasteiger partial charge in [0.15, 0.2) is 11.5 Å². The maximum atomic E-state index is 15.2. The number of hydrogen-bond acceptors (Lipinski definition) is 7. The molecule has 2 aliphatic heterocycles. The van der Waals surface area contributed by atoms with E-state index < -0.39 is 52.4 Å². The summed E-state index contributed by atoms with van der Waals surface area (Å²) in [6.45, 7) is 7.49. The Hall–Kier alpha value is -4.44. The van der Waals surface area contributed by atoms with Crippen LogP contribution in [0.1, 0.15) is 56.2 Å². The zero-order valence-corrected chi connectivity index (χ0v) is 29.1. The first-order valence-corrected chi connectivity index (χ1v) is 17.0. The molecule has 2 heterocycles. The number of anilines is 1. The number of allylic oxidation sites excluding steroid dienone is 2. The van der Waals surface area contributed by atoms with Crippen molar-refractivity contribution in [1.82, 2.24) is 9.91 Å². The van der Waals surface area contributed by atoms with Crippen LogP contribution in [0.15, 0.2) is 82.9 Å². The van der Waals surface area contributed by atoms with E-state index in [1.165, 1.54) is 12.0 Å². The lowest BCUT2D eigenvalue weighted by Gasteiger charge is -2.50. The van der Waals surface area contributed by atoms with Crippen LogP contribution in [-0.4, -0.2) is 51.3 Å². The molecule has 3 fully saturated rings. The minimum atomic E-state index is -1.50. The molecule has 48 heavy (non-hydrogen) atoms. The second-order valence-corrected chi connectivity index (χ2v) is 15.2. The standard InChI is InChI=1S/C38H38BrN3O6/c1-20-11-13-23(14-12-20)40-42-34(45)28-19-26-24(15-16-25-30(26)35(46)41(33(25)44)37(2,3)4)31(27-17-22(39)18-29(48-5)32(27)43)38(28,36(42)47)21-9-7-6-8-10-21/h6-15,17-18,25-26,28,30-31,40,43H,16,19H2,1-5H3. The summed E-state index contributed by atoms with van der Waals surface area (Å²) >= 11 is 3.58. The molecule has 3 aromatic rings. The number of phenols is 1. The van der Waals surface area contributed by atoms with Gasteiger partial charge in [0.1, 0.15) is 0 Å². The molecule has 9 nitrogen and oxygen atoms in total. The SMILES string of the molecule is COc1cc(Br)cc(C2C3=CCC4C(=O)N(C(C)(C)C)C(=O)C4C3CC3C(=O)N(Nc4ccc(C)cc4)C(=O)C32c2ccccc2)c1O. The third-order valence-electron chi connectivity index (χ3n) is 10.7. The second-order valence-electron chi connectivity index (χ2n) is 14.3. The minimum Gasteiger partial charge on any atom is -0.504 e. The number of hydrogen-bond donors (Lipinski definition) is 2. The third kappa shape index (κ3) is 4.55. The second kappa shape index (κ2) is 11.3. The van der Waals surface area contributed by atoms with Crippen molar-refractivity contribution in [2.24, 2.45) is 23.7 Å². The number of likely N-dealkylation sites (tertiary alicyclic amines) is 1. The van der Waals surface area contributed by atoms with Crippen molar-refractivity contribution in [3.63, 3.8) is 0 Å². The van der Waals surface area contributed by atoms with Gasteiger partial charge in [0, 0.05) is 21.5 Å². The van der Waals surface area contributed by atoms with Crippen LogP contribution in [-0.2, 0) is 24.6 Å². The number of nitrogens with one attached hydrogen (secondary N) is 1. The van der Waals surface area contributed by atoms with Gasteiger partial charge in [0.05, 0.1) is 36.0 Å². The highest BCUT2D eigenvalue weighted by Crippen LogP contribution is 2.65. The molecule has 0 aromatic heterocycles. The first kappa shape index (κ1) is 32.1. The van der Waals surface area contributed by atoms with Crippen molar-refractivity contribution in [3.05, 3.63) is 99.5 Å². The first-order valence-electron chi connectivity index (χ1n) is 16.2. The number of aromatic hydroxyl groups is 1. The van der Waals surface area contributed by atoms with Gasteiger partial charge in [-0.25, -0.2) is 0 Å². The fourth-order valence-corrected chi connectivity index (χ4v) is 9.18. The minimum absolute atomic E-state index is 0.154. The number of carbonyl (C=O) groups excluding carboxylic acids is 4. The van der Waals surface area contributed by atoms with Crippen molar-refractivity contribution in [3.8, 4) is 11.5 Å². The van der Waals surface area contributed by atoms with E-state index >= 15 is 4.79 Å². The van der Waals surface area contributed by atoms with Crippen molar-refractivity contribution in [2.45, 2.75) is 57.4 Å². The number of ether oxygens (including phenoxy) is 1. The molecule has 2 N–H and O–H groups in total. The summed E-state index contributed by atoms with van der Waals surface area (Å²) in [5, 5.41) is 12.9. The van der Waals surface area contributed by atoms with E-state index in [4.69, 9.17) is 4.74 Å². The largest absolute Gasteiger partial charge is 0.504 e. The van der Waals surface area contributed by atoms with E-state index in [0.717, 1.165) is 16.1 Å². The van der Waals surface area contributed by atoms with Crippen molar-refractivity contribution in [1.29, 1.82) is 0 Å². The van der Waals surface area contributed by atoms with E-state index in [1.807, 2.05) is 88.4 Å². The van der Waals surface area contributed by atoms with Crippen LogP contribution in [0, 0.1) is 30.6 Å². The highest BCUT2D eigenvalue weighted by Gasteiger charge is 2.71. The molecule has 0 bridgehead atoms. The maximum absolute atomic E-state index is 15.2. The number of rotatable bonds is 5. The molecular formula is C38H38BrN3O6. The quantitative estimate of drug-likeness (QED) is 0.237. The van der Waals surface area contributed by atoms with E-state index in [1.54, 1.807) is 12.1 Å². The Morgan fingerprint density at radius 1 is 0.938 bits per heavy atom. The molecule has 6 atom stereocenters. The smallest absolute Gasteiger partial charge is 0.260 e. The van der Waals surface area contributed by atoms with Crippen molar-refractivity contribution < 1.29 is 29.0 Å². The van der Waals surface area contributed by atoms with Crippen LogP contribution < -0.4 is 10.2 Å². The fourth-order valence-electron chi connectivity index (χ4n) is 8.72. The Kier molecular flexibility index (Phi) is 7.58. The van der Waals surface area contributed by atoms with Crippen LogP contribution >= 0.6 is 15.9 Å². The van der Waals surface area contributed by atoms with Gasteiger partial charge in [0.25, 0.3) is 11.8 Å². The van der Waals surface area contributed by atoms with Gasteiger partial charge >= 0.3 is 0 Å². The average molecular weight is 713 g/mol. The number of nitrogens with zero attached hydrogens (tertiary/aromatic N) is 2. The van der Waals surface area contributed by atoms with Crippen LogP contribution in [0.25, 0.3) is 0 Å². The summed E-state index contributed by atoms with van der Waals surface area (Å²) in [6.07, 6.45) is 2.46.